The minimum Gasteiger partial charge on any atom is -0.411 e. The van der Waals surface area contributed by atoms with E-state index in [2.05, 4.69) is 20.2 Å². The van der Waals surface area contributed by atoms with Gasteiger partial charge in [-0.25, -0.2) is 4.39 Å². The van der Waals surface area contributed by atoms with Gasteiger partial charge in [0.15, 0.2) is 0 Å². The summed E-state index contributed by atoms with van der Waals surface area (Å²) in [5.74, 6) is 0.661. The number of para-hydroxylation sites is 1. The van der Waals surface area contributed by atoms with Crippen LogP contribution in [-0.4, -0.2) is 20.2 Å². The first kappa shape index (κ1) is 16.0. The SMILES string of the molecule is Fc1cc(CSc2nnc(-c3c[nH]c4ccccc34)o2)c2ncccc2c1. The number of aromatic amines is 1. The molecular weight excluding hydrogens is 363 g/mol. The van der Waals surface area contributed by atoms with Crippen LogP contribution in [0.25, 0.3) is 33.3 Å². The number of thioether (sulfide) groups is 1. The van der Waals surface area contributed by atoms with Crippen molar-refractivity contribution in [2.75, 3.05) is 0 Å². The number of rotatable bonds is 4. The average molecular weight is 376 g/mol. The van der Waals surface area contributed by atoms with E-state index in [-0.39, 0.29) is 5.82 Å². The van der Waals surface area contributed by atoms with E-state index < -0.39 is 0 Å². The van der Waals surface area contributed by atoms with Gasteiger partial charge in [-0.3, -0.25) is 4.98 Å². The zero-order valence-corrected chi connectivity index (χ0v) is 14.8. The molecule has 3 aromatic heterocycles. The third kappa shape index (κ3) is 2.96. The Morgan fingerprint density at radius 2 is 2.00 bits per heavy atom. The van der Waals surface area contributed by atoms with Gasteiger partial charge in [0.05, 0.1) is 11.1 Å². The summed E-state index contributed by atoms with van der Waals surface area (Å²) in [6, 6.07) is 14.6. The quantitative estimate of drug-likeness (QED) is 0.437. The van der Waals surface area contributed by atoms with Crippen LogP contribution in [-0.2, 0) is 5.75 Å². The lowest BCUT2D eigenvalue weighted by Gasteiger charge is -2.04. The molecule has 0 fully saturated rings. The number of nitrogens with one attached hydrogen (secondary N) is 1. The third-order valence-corrected chi connectivity index (χ3v) is 5.19. The number of H-pyrrole nitrogens is 1. The van der Waals surface area contributed by atoms with Crippen LogP contribution in [0.5, 0.6) is 0 Å². The number of pyridine rings is 1. The van der Waals surface area contributed by atoms with Crippen molar-refractivity contribution in [3.8, 4) is 11.5 Å². The highest BCUT2D eigenvalue weighted by Gasteiger charge is 2.14. The van der Waals surface area contributed by atoms with Crippen LogP contribution < -0.4 is 0 Å². The summed E-state index contributed by atoms with van der Waals surface area (Å²) in [5.41, 5.74) is 3.45. The standard InChI is InChI=1S/C20H13FN4OS/c21-14-8-12-4-3-7-22-18(12)13(9-14)11-27-20-25-24-19(26-20)16-10-23-17-6-2-1-5-15(16)17/h1-10,23H,11H2. The van der Waals surface area contributed by atoms with E-state index in [1.807, 2.05) is 36.5 Å². The molecular formula is C20H13FN4OS. The minimum absolute atomic E-state index is 0.281. The van der Waals surface area contributed by atoms with Gasteiger partial charge in [-0.1, -0.05) is 36.0 Å². The summed E-state index contributed by atoms with van der Waals surface area (Å²) in [5, 5.41) is 10.5. The second-order valence-corrected chi connectivity index (χ2v) is 6.98. The molecule has 132 valence electrons. The number of hydrogen-bond donors (Lipinski definition) is 1. The van der Waals surface area contributed by atoms with Crippen LogP contribution in [0, 0.1) is 5.82 Å². The van der Waals surface area contributed by atoms with Gasteiger partial charge in [-0.2, -0.15) is 0 Å². The number of halogens is 1. The van der Waals surface area contributed by atoms with Gasteiger partial charge >= 0.3 is 0 Å². The molecule has 0 aliphatic carbocycles. The van der Waals surface area contributed by atoms with Crippen LogP contribution in [0.1, 0.15) is 5.56 Å². The van der Waals surface area contributed by atoms with E-state index in [0.29, 0.717) is 16.9 Å². The summed E-state index contributed by atoms with van der Waals surface area (Å²) in [7, 11) is 0. The summed E-state index contributed by atoms with van der Waals surface area (Å²) >= 11 is 1.36. The monoisotopic (exact) mass is 376 g/mol. The molecule has 0 unspecified atom stereocenters. The largest absolute Gasteiger partial charge is 0.411 e. The Morgan fingerprint density at radius 3 is 2.96 bits per heavy atom. The van der Waals surface area contributed by atoms with Gasteiger partial charge in [0.25, 0.3) is 11.1 Å². The molecule has 0 radical (unpaired) electrons. The van der Waals surface area contributed by atoms with E-state index in [1.165, 1.54) is 23.9 Å². The highest BCUT2D eigenvalue weighted by atomic mass is 32.2. The highest BCUT2D eigenvalue weighted by Crippen LogP contribution is 2.31. The lowest BCUT2D eigenvalue weighted by atomic mass is 10.1. The van der Waals surface area contributed by atoms with E-state index in [9.17, 15) is 4.39 Å². The van der Waals surface area contributed by atoms with Crippen molar-refractivity contribution in [1.82, 2.24) is 20.2 Å². The van der Waals surface area contributed by atoms with Crippen molar-refractivity contribution in [2.45, 2.75) is 11.0 Å². The number of benzene rings is 2. The molecule has 0 amide bonds. The second kappa shape index (κ2) is 6.51. The van der Waals surface area contributed by atoms with E-state index in [1.54, 1.807) is 12.3 Å². The fourth-order valence-corrected chi connectivity index (χ4v) is 3.84. The molecule has 0 bridgehead atoms. The van der Waals surface area contributed by atoms with Gasteiger partial charge in [-0.05, 0) is 29.8 Å². The number of aromatic nitrogens is 4. The number of fused-ring (bicyclic) bond motifs is 2. The van der Waals surface area contributed by atoms with Gasteiger partial charge in [0.1, 0.15) is 5.82 Å². The van der Waals surface area contributed by atoms with Gasteiger partial charge in [0, 0.05) is 34.4 Å². The summed E-state index contributed by atoms with van der Waals surface area (Å²) in [6.07, 6.45) is 3.56. The maximum absolute atomic E-state index is 13.9. The van der Waals surface area contributed by atoms with Crippen LogP contribution in [0.15, 0.2) is 70.6 Å². The average Bonchev–Trinajstić information content (AvgIpc) is 3.32. The van der Waals surface area contributed by atoms with E-state index >= 15 is 0 Å². The lowest BCUT2D eigenvalue weighted by molar-refractivity contribution is 0.466. The normalized spacial score (nSPS) is 11.4. The molecule has 3 heterocycles. The molecule has 0 aliphatic heterocycles. The summed E-state index contributed by atoms with van der Waals surface area (Å²) < 4.78 is 19.7. The van der Waals surface area contributed by atoms with Crippen LogP contribution in [0.2, 0.25) is 0 Å². The molecule has 0 spiro atoms. The van der Waals surface area contributed by atoms with Gasteiger partial charge in [0.2, 0.25) is 0 Å². The second-order valence-electron chi connectivity index (χ2n) is 6.05. The molecule has 5 nitrogen and oxygen atoms in total. The molecule has 5 aromatic rings. The maximum atomic E-state index is 13.9. The molecule has 0 aliphatic rings. The Bertz CT molecular complexity index is 1260. The van der Waals surface area contributed by atoms with Crippen molar-refractivity contribution in [2.24, 2.45) is 0 Å². The van der Waals surface area contributed by atoms with Crippen molar-refractivity contribution in [1.29, 1.82) is 0 Å². The Balaban J connectivity index is 1.42. The zero-order chi connectivity index (χ0) is 18.2. The first-order valence-corrected chi connectivity index (χ1v) is 9.32. The van der Waals surface area contributed by atoms with E-state index in [0.717, 1.165) is 32.9 Å². The Hall–Kier alpha value is -3.19. The maximum Gasteiger partial charge on any atom is 0.277 e. The Labute approximate surface area is 157 Å². The fourth-order valence-electron chi connectivity index (χ4n) is 3.10. The fraction of sp³-hybridized carbons (Fsp3) is 0.0500. The first-order valence-electron chi connectivity index (χ1n) is 8.34. The van der Waals surface area contributed by atoms with Crippen LogP contribution >= 0.6 is 11.8 Å². The zero-order valence-electron chi connectivity index (χ0n) is 14.0. The highest BCUT2D eigenvalue weighted by molar-refractivity contribution is 7.98. The molecule has 2 aromatic carbocycles. The third-order valence-electron chi connectivity index (χ3n) is 4.33. The van der Waals surface area contributed by atoms with Crippen molar-refractivity contribution >= 4 is 33.6 Å². The molecule has 0 atom stereocenters. The number of nitrogens with zero attached hydrogens (tertiary/aromatic N) is 3. The van der Waals surface area contributed by atoms with Crippen LogP contribution in [0.4, 0.5) is 4.39 Å². The Morgan fingerprint density at radius 1 is 1.07 bits per heavy atom. The van der Waals surface area contributed by atoms with Crippen molar-refractivity contribution < 1.29 is 8.81 Å². The lowest BCUT2D eigenvalue weighted by Crippen LogP contribution is -1.89. The summed E-state index contributed by atoms with van der Waals surface area (Å²) in [6.45, 7) is 0. The topological polar surface area (TPSA) is 67.6 Å². The first-order chi connectivity index (χ1) is 13.3. The smallest absolute Gasteiger partial charge is 0.277 e. The number of hydrogen-bond acceptors (Lipinski definition) is 5. The molecule has 5 rings (SSSR count). The van der Waals surface area contributed by atoms with E-state index in [4.69, 9.17) is 4.42 Å². The Kier molecular flexibility index (Phi) is 3.86. The predicted molar refractivity (Wildman–Crippen MR) is 103 cm³/mol. The minimum atomic E-state index is -0.281. The molecule has 7 heteroatoms. The predicted octanol–water partition coefficient (Wildman–Crippen LogP) is 5.20. The van der Waals surface area contributed by atoms with Gasteiger partial charge < -0.3 is 9.40 Å². The van der Waals surface area contributed by atoms with Crippen molar-refractivity contribution in [3.05, 3.63) is 72.3 Å². The van der Waals surface area contributed by atoms with Crippen LogP contribution in [0.3, 0.4) is 0 Å². The van der Waals surface area contributed by atoms with Crippen molar-refractivity contribution in [3.63, 3.8) is 0 Å². The summed E-state index contributed by atoms with van der Waals surface area (Å²) in [4.78, 5) is 7.56. The molecule has 1 N–H and O–H groups in total. The molecule has 27 heavy (non-hydrogen) atoms. The van der Waals surface area contributed by atoms with Gasteiger partial charge in [-0.15, -0.1) is 10.2 Å². The molecule has 0 saturated heterocycles. The molecule has 0 saturated carbocycles.